The fourth-order valence-electron chi connectivity index (χ4n) is 4.67. The van der Waals surface area contributed by atoms with E-state index in [-0.39, 0.29) is 0 Å². The lowest BCUT2D eigenvalue weighted by atomic mass is 10.1. The summed E-state index contributed by atoms with van der Waals surface area (Å²) in [7, 11) is 0. The van der Waals surface area contributed by atoms with Gasteiger partial charge in [-0.3, -0.25) is 0 Å². The Morgan fingerprint density at radius 3 is 0.619 bits per heavy atom. The second kappa shape index (κ2) is 10.9. The van der Waals surface area contributed by atoms with Crippen molar-refractivity contribution in [3.8, 4) is 0 Å². The maximum absolute atomic E-state index is 3.43. The van der Waals surface area contributed by atoms with Gasteiger partial charge in [-0.25, -0.2) is 0 Å². The van der Waals surface area contributed by atoms with Crippen LogP contribution in [0.4, 0.5) is 0 Å². The van der Waals surface area contributed by atoms with Crippen LogP contribution in [-0.2, 0) is 0 Å². The van der Waals surface area contributed by atoms with Crippen LogP contribution in [0.3, 0.4) is 0 Å². The second-order valence-electron chi connectivity index (χ2n) is 9.59. The summed E-state index contributed by atoms with van der Waals surface area (Å²) in [5, 5.41) is 9.99. The van der Waals surface area contributed by atoms with Crippen molar-refractivity contribution < 1.29 is 0 Å². The summed E-state index contributed by atoms with van der Waals surface area (Å²) in [6.45, 7) is 0. The summed E-state index contributed by atoms with van der Waals surface area (Å²) in [5.74, 6) is 0. The van der Waals surface area contributed by atoms with Gasteiger partial charge in [-0.1, -0.05) is 121 Å². The highest BCUT2D eigenvalue weighted by Gasteiger charge is 1.98. The molecule has 0 saturated heterocycles. The van der Waals surface area contributed by atoms with Gasteiger partial charge in [0.2, 0.25) is 0 Å². The van der Waals surface area contributed by atoms with Crippen molar-refractivity contribution in [1.82, 2.24) is 0 Å². The fraction of sp³-hybridized carbons (Fsp3) is 0. The van der Waals surface area contributed by atoms with Crippen molar-refractivity contribution >= 4 is 64.6 Å². The molecule has 7 aromatic carbocycles. The summed E-state index contributed by atoms with van der Waals surface area (Å²) in [5.41, 5.74) is 0. The maximum atomic E-state index is 3.43. The highest BCUT2D eigenvalue weighted by molar-refractivity contribution is 6.04. The molecule has 0 aliphatic heterocycles. The smallest absolute Gasteiger partial charge is 0.0575 e. The maximum Gasteiger partial charge on any atom is 0.0575 e. The Labute approximate surface area is 246 Å². The molecule has 0 heterocycles. The Morgan fingerprint density at radius 2 is 0.381 bits per heavy atom. The molecule has 7 aromatic rings. The van der Waals surface area contributed by atoms with Crippen molar-refractivity contribution in [2.45, 2.75) is 0 Å². The van der Waals surface area contributed by atoms with Gasteiger partial charge >= 0.3 is 0 Å². The Balaban J connectivity index is 1.69. The zero-order valence-corrected chi connectivity index (χ0v) is 22.4. The zero-order valence-electron chi connectivity index (χ0n) is 22.4. The standard InChI is InChI=1S/C42H18/c1-3-13-35-21-23-39-25-26-40-24-22-36-14-4-2-10-32(36)18-20-34-12-6-8-16-38(34)28-30-42(40)41(39)29-27-37-15-7-5-11-33(37)19-17-31(35)9-1/h1-16,25-26H. The first-order valence-electron chi connectivity index (χ1n) is 13.5. The van der Waals surface area contributed by atoms with E-state index in [9.17, 15) is 0 Å². The van der Waals surface area contributed by atoms with E-state index in [4.69, 9.17) is 0 Å². The normalized spacial score (nSPS) is 9.71. The molecule has 42 heavy (non-hydrogen) atoms. The van der Waals surface area contributed by atoms with Gasteiger partial charge in [0.1, 0.15) is 0 Å². The average molecular weight is 523 g/mol. The predicted octanol–water partition coefficient (Wildman–Crippen LogP) is 9.58. The second-order valence-corrected chi connectivity index (χ2v) is 9.59. The van der Waals surface area contributed by atoms with E-state index in [1.807, 2.05) is 109 Å². The van der Waals surface area contributed by atoms with Crippen LogP contribution < -0.4 is 0 Å². The zero-order chi connectivity index (χ0) is 28.1. The Morgan fingerprint density at radius 1 is 0.190 bits per heavy atom. The van der Waals surface area contributed by atoms with Crippen LogP contribution in [0.25, 0.3) is 64.6 Å². The van der Waals surface area contributed by atoms with Crippen molar-refractivity contribution in [2.24, 2.45) is 0 Å². The first-order valence-corrected chi connectivity index (χ1v) is 13.5. The Bertz CT molecular complexity index is 2130. The number of rotatable bonds is 0. The third kappa shape index (κ3) is 4.94. The van der Waals surface area contributed by atoms with E-state index in [1.165, 1.54) is 0 Å². The molecule has 0 nitrogen and oxygen atoms in total. The van der Waals surface area contributed by atoms with Gasteiger partial charge in [0.15, 0.2) is 0 Å². The minimum Gasteiger partial charge on any atom is -0.0609 e. The Kier molecular flexibility index (Phi) is 6.36. The van der Waals surface area contributed by atoms with Crippen LogP contribution in [0.2, 0.25) is 0 Å². The molecular weight excluding hydrogens is 504 g/mol. The van der Waals surface area contributed by atoms with Crippen LogP contribution in [0.1, 0.15) is 0 Å². The van der Waals surface area contributed by atoms with Gasteiger partial charge in [-0.15, -0.1) is 0 Å². The van der Waals surface area contributed by atoms with E-state index in [1.54, 1.807) is 0 Å². The number of hydrogen-bond donors (Lipinski definition) is 0. The molecule has 0 amide bonds. The molecule has 7 rings (SSSR count). The van der Waals surface area contributed by atoms with Crippen molar-refractivity contribution in [3.05, 3.63) is 182 Å². The molecule has 0 unspecified atom stereocenters. The van der Waals surface area contributed by atoms with E-state index in [0.29, 0.717) is 0 Å². The predicted molar refractivity (Wildman–Crippen MR) is 170 cm³/mol. The van der Waals surface area contributed by atoms with Crippen LogP contribution in [0.5, 0.6) is 0 Å². The highest BCUT2D eigenvalue weighted by Crippen LogP contribution is 2.20. The molecule has 0 aliphatic rings. The van der Waals surface area contributed by atoms with Crippen molar-refractivity contribution in [1.29, 1.82) is 0 Å². The highest BCUT2D eigenvalue weighted by atomic mass is 14.0. The summed E-state index contributed by atoms with van der Waals surface area (Å²) in [6.07, 6.45) is 0. The molecule has 0 N–H and O–H groups in total. The van der Waals surface area contributed by atoms with Crippen LogP contribution in [0, 0.1) is 72.8 Å². The SMILES string of the molecule is c1c2ccccc2c#cc2ccc3c#cc4ccccc4c#cc4ccccc4c#cc3c2c#cc2ccccc2c#1. The average Bonchev–Trinajstić information content (AvgIpc) is 3.03. The molecule has 0 aliphatic carbocycles. The fourth-order valence-corrected chi connectivity index (χ4v) is 4.67. The number of fused-ring (bicyclic) bond motifs is 7. The molecule has 0 atom stereocenters. The number of benzene rings is 5. The van der Waals surface area contributed by atoms with E-state index < -0.39 is 0 Å². The third-order valence-electron chi connectivity index (χ3n) is 6.89. The van der Waals surface area contributed by atoms with Crippen LogP contribution in [0.15, 0.2) is 109 Å². The van der Waals surface area contributed by atoms with E-state index in [0.717, 1.165) is 64.6 Å². The van der Waals surface area contributed by atoms with Gasteiger partial charge in [-0.2, -0.15) is 0 Å². The van der Waals surface area contributed by atoms with E-state index in [2.05, 4.69) is 72.8 Å². The van der Waals surface area contributed by atoms with Crippen molar-refractivity contribution in [3.63, 3.8) is 0 Å². The molecule has 0 heteroatoms. The minimum atomic E-state index is 0.747. The first kappa shape index (κ1) is 24.5. The molecular formula is C42H18. The van der Waals surface area contributed by atoms with Gasteiger partial charge in [0, 0.05) is 53.9 Å². The summed E-state index contributed by atoms with van der Waals surface area (Å²) < 4.78 is 0. The lowest BCUT2D eigenvalue weighted by molar-refractivity contribution is 1.79. The quantitative estimate of drug-likeness (QED) is 0.186. The van der Waals surface area contributed by atoms with Gasteiger partial charge in [0.25, 0.3) is 0 Å². The topological polar surface area (TPSA) is 0 Å². The molecule has 0 radical (unpaired) electrons. The molecule has 0 fully saturated rings. The largest absolute Gasteiger partial charge is 0.0609 e. The van der Waals surface area contributed by atoms with Gasteiger partial charge < -0.3 is 0 Å². The summed E-state index contributed by atoms with van der Waals surface area (Å²) in [4.78, 5) is 0. The van der Waals surface area contributed by atoms with Crippen LogP contribution in [-0.4, -0.2) is 0 Å². The Hall–Kier alpha value is -6.54. The van der Waals surface area contributed by atoms with E-state index >= 15 is 0 Å². The summed E-state index contributed by atoms with van der Waals surface area (Å²) >= 11 is 0. The van der Waals surface area contributed by atoms with Gasteiger partial charge in [-0.05, 0) is 60.7 Å². The molecule has 0 spiro atoms. The lowest BCUT2D eigenvalue weighted by Crippen LogP contribution is -1.71. The third-order valence-corrected chi connectivity index (χ3v) is 6.89. The number of hydrogen-bond acceptors (Lipinski definition) is 0. The monoisotopic (exact) mass is 522 g/mol. The minimum absolute atomic E-state index is 0.747. The van der Waals surface area contributed by atoms with Gasteiger partial charge in [0.05, 0.1) is 10.8 Å². The molecule has 0 saturated carbocycles. The molecule has 0 aromatic heterocycles. The molecule has 186 valence electrons. The van der Waals surface area contributed by atoms with Crippen molar-refractivity contribution in [2.75, 3.05) is 0 Å². The van der Waals surface area contributed by atoms with Crippen LogP contribution >= 0.6 is 0 Å². The molecule has 0 bridgehead atoms. The summed E-state index contributed by atoms with van der Waals surface area (Å²) in [6, 6.07) is 76.0. The first-order chi connectivity index (χ1) is 20.8. The lowest BCUT2D eigenvalue weighted by Gasteiger charge is -1.93.